The van der Waals surface area contributed by atoms with E-state index in [0.29, 0.717) is 41.2 Å². The first kappa shape index (κ1) is 17.9. The highest BCUT2D eigenvalue weighted by Gasteiger charge is 2.29. The molecule has 1 heterocycles. The molecule has 0 unspecified atom stereocenters. The van der Waals surface area contributed by atoms with E-state index in [-0.39, 0.29) is 11.8 Å². The van der Waals surface area contributed by atoms with Crippen molar-refractivity contribution in [2.24, 2.45) is 0 Å². The number of ether oxygens (including phenoxy) is 2. The second-order valence-electron chi connectivity index (χ2n) is 5.73. The lowest BCUT2D eigenvalue weighted by Crippen LogP contribution is -2.23. The number of nitrogens with one attached hydrogen (secondary N) is 1. The van der Waals surface area contributed by atoms with Crippen LogP contribution in [-0.4, -0.2) is 19.1 Å². The molecule has 0 aliphatic carbocycles. The summed E-state index contributed by atoms with van der Waals surface area (Å²) < 4.78 is 11.4. The number of carbonyl (C=O) groups is 1. The van der Waals surface area contributed by atoms with Crippen molar-refractivity contribution < 1.29 is 14.3 Å². The number of amides is 1. The first-order chi connectivity index (χ1) is 12.0. The van der Waals surface area contributed by atoms with Gasteiger partial charge in [0.15, 0.2) is 11.5 Å². The zero-order valence-electron chi connectivity index (χ0n) is 14.1. The van der Waals surface area contributed by atoms with Gasteiger partial charge in [-0.2, -0.15) is 0 Å². The molecule has 1 N–H and O–H groups in total. The van der Waals surface area contributed by atoms with Crippen molar-refractivity contribution in [2.45, 2.75) is 26.2 Å². The summed E-state index contributed by atoms with van der Waals surface area (Å²) in [4.78, 5) is 12.2. The summed E-state index contributed by atoms with van der Waals surface area (Å²) in [5.74, 6) is 1.13. The van der Waals surface area contributed by atoms with Crippen molar-refractivity contribution in [3.05, 3.63) is 51.5 Å². The molecular weight excluding hydrogens is 361 g/mol. The molecule has 0 fully saturated rings. The summed E-state index contributed by atoms with van der Waals surface area (Å²) in [7, 11) is 0. The zero-order chi connectivity index (χ0) is 18.0. The smallest absolute Gasteiger partial charge is 0.225 e. The lowest BCUT2D eigenvalue weighted by molar-refractivity contribution is -0.116. The molecular formula is C19H19Cl2NO3. The standard InChI is InChI=1S/C19H19Cl2NO3/c1-3-24-17-8-13-12(11-5-6-14(20)15(21)7-11)9-19(23)22-16(13)10-18(17)25-4-2/h5-8,10,12H,3-4,9H2,1-2H3,(H,22,23)/t12-/m1/s1. The molecule has 0 spiro atoms. The van der Waals surface area contributed by atoms with Crippen LogP contribution in [0, 0.1) is 0 Å². The number of hydrogen-bond donors (Lipinski definition) is 1. The number of halogens is 2. The number of rotatable bonds is 5. The Labute approximate surface area is 157 Å². The molecule has 0 aromatic heterocycles. The van der Waals surface area contributed by atoms with Crippen molar-refractivity contribution in [1.82, 2.24) is 0 Å². The van der Waals surface area contributed by atoms with E-state index in [0.717, 1.165) is 16.8 Å². The van der Waals surface area contributed by atoms with E-state index in [1.807, 2.05) is 38.1 Å². The second kappa shape index (κ2) is 7.54. The van der Waals surface area contributed by atoms with Crippen LogP contribution in [0.5, 0.6) is 11.5 Å². The van der Waals surface area contributed by atoms with Crippen molar-refractivity contribution in [3.63, 3.8) is 0 Å². The third kappa shape index (κ3) is 3.70. The third-order valence-electron chi connectivity index (χ3n) is 4.10. The fraction of sp³-hybridized carbons (Fsp3) is 0.316. The summed E-state index contributed by atoms with van der Waals surface area (Å²) in [5, 5.41) is 3.89. The van der Waals surface area contributed by atoms with Gasteiger partial charge in [-0.1, -0.05) is 29.3 Å². The molecule has 6 heteroatoms. The van der Waals surface area contributed by atoms with Gasteiger partial charge >= 0.3 is 0 Å². The molecule has 3 rings (SSSR count). The van der Waals surface area contributed by atoms with E-state index < -0.39 is 0 Å². The Morgan fingerprint density at radius 2 is 1.72 bits per heavy atom. The average Bonchev–Trinajstić information content (AvgIpc) is 2.58. The summed E-state index contributed by atoms with van der Waals surface area (Å²) in [5.41, 5.74) is 2.65. The van der Waals surface area contributed by atoms with Crippen LogP contribution in [0.3, 0.4) is 0 Å². The Morgan fingerprint density at radius 3 is 2.36 bits per heavy atom. The molecule has 0 radical (unpaired) electrons. The Bertz CT molecular complexity index is 807. The van der Waals surface area contributed by atoms with Gasteiger partial charge in [-0.25, -0.2) is 0 Å². The Hall–Kier alpha value is -1.91. The second-order valence-corrected chi connectivity index (χ2v) is 6.55. The minimum atomic E-state index is -0.117. The van der Waals surface area contributed by atoms with Gasteiger partial charge in [-0.05, 0) is 43.2 Å². The molecule has 1 aliphatic rings. The molecule has 0 bridgehead atoms. The maximum atomic E-state index is 12.2. The van der Waals surface area contributed by atoms with E-state index in [9.17, 15) is 4.79 Å². The Morgan fingerprint density at radius 1 is 1.04 bits per heavy atom. The maximum Gasteiger partial charge on any atom is 0.225 e. The minimum Gasteiger partial charge on any atom is -0.490 e. The molecule has 2 aromatic rings. The van der Waals surface area contributed by atoms with Crippen LogP contribution in [0.2, 0.25) is 10.0 Å². The molecule has 1 atom stereocenters. The lowest BCUT2D eigenvalue weighted by atomic mass is 9.84. The van der Waals surface area contributed by atoms with E-state index in [4.69, 9.17) is 32.7 Å². The highest BCUT2D eigenvalue weighted by atomic mass is 35.5. The molecule has 4 nitrogen and oxygen atoms in total. The largest absolute Gasteiger partial charge is 0.490 e. The number of fused-ring (bicyclic) bond motifs is 1. The Balaban J connectivity index is 2.10. The predicted molar refractivity (Wildman–Crippen MR) is 100 cm³/mol. The Kier molecular flexibility index (Phi) is 5.40. The number of benzene rings is 2. The molecule has 0 saturated carbocycles. The minimum absolute atomic E-state index is 0.0461. The number of anilines is 1. The van der Waals surface area contributed by atoms with Crippen LogP contribution in [0.1, 0.15) is 37.3 Å². The van der Waals surface area contributed by atoms with Gasteiger partial charge in [-0.3, -0.25) is 4.79 Å². The van der Waals surface area contributed by atoms with Crippen LogP contribution in [0.25, 0.3) is 0 Å². The summed E-state index contributed by atoms with van der Waals surface area (Å²) in [6, 6.07) is 9.23. The van der Waals surface area contributed by atoms with Crippen molar-refractivity contribution in [3.8, 4) is 11.5 Å². The molecule has 1 amide bonds. The first-order valence-corrected chi connectivity index (χ1v) is 8.97. The van der Waals surface area contributed by atoms with E-state index in [2.05, 4.69) is 5.32 Å². The normalized spacial score (nSPS) is 16.2. The third-order valence-corrected chi connectivity index (χ3v) is 4.84. The average molecular weight is 380 g/mol. The van der Waals surface area contributed by atoms with Gasteiger partial charge in [0.2, 0.25) is 5.91 Å². The van der Waals surface area contributed by atoms with Crippen LogP contribution in [0.15, 0.2) is 30.3 Å². The van der Waals surface area contributed by atoms with Crippen LogP contribution >= 0.6 is 23.2 Å². The van der Waals surface area contributed by atoms with Gasteiger partial charge < -0.3 is 14.8 Å². The molecule has 0 saturated heterocycles. The SMILES string of the molecule is CCOc1cc2c(cc1OCC)[C@@H](c1ccc(Cl)c(Cl)c1)CC(=O)N2. The lowest BCUT2D eigenvalue weighted by Gasteiger charge is -2.27. The van der Waals surface area contributed by atoms with Gasteiger partial charge in [0.05, 0.1) is 23.3 Å². The fourth-order valence-electron chi connectivity index (χ4n) is 3.03. The van der Waals surface area contributed by atoms with Crippen molar-refractivity contribution in [1.29, 1.82) is 0 Å². The van der Waals surface area contributed by atoms with Gasteiger partial charge in [0.1, 0.15) is 0 Å². The van der Waals surface area contributed by atoms with Crippen LogP contribution < -0.4 is 14.8 Å². The van der Waals surface area contributed by atoms with Crippen LogP contribution in [-0.2, 0) is 4.79 Å². The predicted octanol–water partition coefficient (Wildman–Crippen LogP) is 5.26. The maximum absolute atomic E-state index is 12.2. The molecule has 1 aliphatic heterocycles. The topological polar surface area (TPSA) is 47.6 Å². The summed E-state index contributed by atoms with van der Waals surface area (Å²) in [6.07, 6.45) is 0.338. The highest BCUT2D eigenvalue weighted by molar-refractivity contribution is 6.42. The molecule has 2 aromatic carbocycles. The van der Waals surface area contributed by atoms with E-state index >= 15 is 0 Å². The van der Waals surface area contributed by atoms with Gasteiger partial charge in [0, 0.05) is 24.1 Å². The summed E-state index contributed by atoms with van der Waals surface area (Å²) in [6.45, 7) is 4.88. The van der Waals surface area contributed by atoms with E-state index in [1.54, 1.807) is 6.07 Å². The monoisotopic (exact) mass is 379 g/mol. The van der Waals surface area contributed by atoms with E-state index in [1.165, 1.54) is 0 Å². The van der Waals surface area contributed by atoms with Gasteiger partial charge in [-0.15, -0.1) is 0 Å². The van der Waals surface area contributed by atoms with Crippen LogP contribution in [0.4, 0.5) is 5.69 Å². The molecule has 25 heavy (non-hydrogen) atoms. The van der Waals surface area contributed by atoms with Crippen molar-refractivity contribution >= 4 is 34.8 Å². The zero-order valence-corrected chi connectivity index (χ0v) is 15.6. The quantitative estimate of drug-likeness (QED) is 0.769. The van der Waals surface area contributed by atoms with Crippen molar-refractivity contribution in [2.75, 3.05) is 18.5 Å². The molecule has 132 valence electrons. The summed E-state index contributed by atoms with van der Waals surface area (Å²) >= 11 is 12.2. The highest BCUT2D eigenvalue weighted by Crippen LogP contribution is 2.44. The first-order valence-electron chi connectivity index (χ1n) is 8.21. The number of carbonyl (C=O) groups excluding carboxylic acids is 1. The fourth-order valence-corrected chi connectivity index (χ4v) is 3.34. The number of hydrogen-bond acceptors (Lipinski definition) is 3. The van der Waals surface area contributed by atoms with Gasteiger partial charge in [0.25, 0.3) is 0 Å².